The zero-order valence-corrected chi connectivity index (χ0v) is 12.8. The first-order chi connectivity index (χ1) is 10.5. The Bertz CT molecular complexity index is 691. The summed E-state index contributed by atoms with van der Waals surface area (Å²) in [6.07, 6.45) is 1.30. The summed E-state index contributed by atoms with van der Waals surface area (Å²) >= 11 is 0. The molecule has 2 aromatic rings. The maximum Gasteiger partial charge on any atom is 0.258 e. The molecule has 1 fully saturated rings. The van der Waals surface area contributed by atoms with Gasteiger partial charge in [-0.15, -0.1) is 0 Å². The van der Waals surface area contributed by atoms with Crippen LogP contribution in [0, 0.1) is 0 Å². The summed E-state index contributed by atoms with van der Waals surface area (Å²) in [5.41, 5.74) is 2.31. The van der Waals surface area contributed by atoms with Gasteiger partial charge in [0.15, 0.2) is 0 Å². The van der Waals surface area contributed by atoms with Crippen LogP contribution in [-0.4, -0.2) is 46.3 Å². The summed E-state index contributed by atoms with van der Waals surface area (Å²) in [4.78, 5) is 14.3. The largest absolute Gasteiger partial charge is 0.463 e. The highest BCUT2D eigenvalue weighted by Gasteiger charge is 2.35. The Balaban J connectivity index is 1.98. The molecular formula is C17H21NO4. The van der Waals surface area contributed by atoms with Gasteiger partial charge >= 0.3 is 0 Å². The number of carbonyl (C=O) groups is 1. The molecule has 1 saturated heterocycles. The molecule has 0 radical (unpaired) electrons. The van der Waals surface area contributed by atoms with Gasteiger partial charge in [-0.1, -0.05) is 19.9 Å². The third-order valence-electron chi connectivity index (χ3n) is 4.36. The Labute approximate surface area is 129 Å². The van der Waals surface area contributed by atoms with E-state index in [1.54, 1.807) is 0 Å². The maximum atomic E-state index is 12.8. The lowest BCUT2D eigenvalue weighted by atomic mass is 10.0. The Morgan fingerprint density at radius 1 is 1.45 bits per heavy atom. The van der Waals surface area contributed by atoms with Crippen LogP contribution in [0.4, 0.5) is 0 Å². The molecule has 1 aliphatic heterocycles. The fourth-order valence-corrected chi connectivity index (χ4v) is 3.04. The first-order valence-electron chi connectivity index (χ1n) is 7.62. The topological polar surface area (TPSA) is 73.9 Å². The van der Waals surface area contributed by atoms with E-state index in [2.05, 4.69) is 13.8 Å². The second kappa shape index (κ2) is 5.74. The van der Waals surface area contributed by atoms with Crippen molar-refractivity contribution in [3.63, 3.8) is 0 Å². The maximum absolute atomic E-state index is 12.8. The molecule has 0 unspecified atom stereocenters. The zero-order chi connectivity index (χ0) is 15.9. The Hall–Kier alpha value is -1.85. The summed E-state index contributed by atoms with van der Waals surface area (Å²) in [5.74, 6) is 0.163. The lowest BCUT2D eigenvalue weighted by Gasteiger charge is -2.22. The van der Waals surface area contributed by atoms with Gasteiger partial charge in [0.2, 0.25) is 0 Å². The Morgan fingerprint density at radius 3 is 2.91 bits per heavy atom. The number of hydrogen-bond donors (Lipinski definition) is 2. The van der Waals surface area contributed by atoms with Crippen LogP contribution in [0.2, 0.25) is 0 Å². The van der Waals surface area contributed by atoms with Crippen molar-refractivity contribution in [3.8, 4) is 0 Å². The number of aliphatic hydroxyl groups is 2. The highest BCUT2D eigenvalue weighted by molar-refractivity contribution is 6.06. The standard InChI is InChI=1S/C17H21NO4/c1-10(2)11-3-4-16-14(5-11)15(9-22-16)17(21)18-7-13(20)6-12(18)8-19/h3-5,9-10,12-13,19-20H,6-8H2,1-2H3/t12-,13+/m0/s1. The van der Waals surface area contributed by atoms with Gasteiger partial charge in [0.05, 0.1) is 24.3 Å². The van der Waals surface area contributed by atoms with Crippen LogP contribution < -0.4 is 0 Å². The molecule has 3 rings (SSSR count). The predicted octanol–water partition coefficient (Wildman–Crippen LogP) is 2.12. The third-order valence-corrected chi connectivity index (χ3v) is 4.36. The van der Waals surface area contributed by atoms with Crippen LogP contribution >= 0.6 is 0 Å². The van der Waals surface area contributed by atoms with Crippen LogP contribution in [0.5, 0.6) is 0 Å². The summed E-state index contributed by atoms with van der Waals surface area (Å²) < 4.78 is 5.49. The SMILES string of the molecule is CC(C)c1ccc2occ(C(=O)N3C[C@H](O)C[C@H]3CO)c2c1. The average Bonchev–Trinajstić information content (AvgIpc) is 3.08. The summed E-state index contributed by atoms with van der Waals surface area (Å²) in [7, 11) is 0. The van der Waals surface area contributed by atoms with Gasteiger partial charge in [0.1, 0.15) is 11.8 Å². The minimum Gasteiger partial charge on any atom is -0.463 e. The van der Waals surface area contributed by atoms with E-state index in [-0.39, 0.29) is 25.1 Å². The smallest absolute Gasteiger partial charge is 0.258 e. The van der Waals surface area contributed by atoms with Crippen LogP contribution in [0.1, 0.15) is 42.1 Å². The molecule has 1 aromatic carbocycles. The monoisotopic (exact) mass is 303 g/mol. The molecule has 2 N–H and O–H groups in total. The highest BCUT2D eigenvalue weighted by atomic mass is 16.3. The Morgan fingerprint density at radius 2 is 2.23 bits per heavy atom. The average molecular weight is 303 g/mol. The lowest BCUT2D eigenvalue weighted by Crippen LogP contribution is -2.37. The molecule has 0 bridgehead atoms. The van der Waals surface area contributed by atoms with Gasteiger partial charge in [0, 0.05) is 11.9 Å². The number of benzene rings is 1. The lowest BCUT2D eigenvalue weighted by molar-refractivity contribution is 0.0666. The molecular weight excluding hydrogens is 282 g/mol. The van der Waals surface area contributed by atoms with Gasteiger partial charge in [0.25, 0.3) is 5.91 Å². The van der Waals surface area contributed by atoms with E-state index < -0.39 is 6.10 Å². The van der Waals surface area contributed by atoms with Crippen molar-refractivity contribution in [3.05, 3.63) is 35.6 Å². The molecule has 0 spiro atoms. The van der Waals surface area contributed by atoms with E-state index in [0.29, 0.717) is 23.5 Å². The van der Waals surface area contributed by atoms with E-state index in [4.69, 9.17) is 4.42 Å². The normalized spacial score (nSPS) is 22.0. The summed E-state index contributed by atoms with van der Waals surface area (Å²) in [5, 5.41) is 19.9. The minimum atomic E-state index is -0.578. The molecule has 0 aliphatic carbocycles. The third kappa shape index (κ3) is 2.51. The van der Waals surface area contributed by atoms with E-state index in [0.717, 1.165) is 10.9 Å². The van der Waals surface area contributed by atoms with Crippen molar-refractivity contribution in [2.24, 2.45) is 0 Å². The molecule has 2 heterocycles. The fourth-order valence-electron chi connectivity index (χ4n) is 3.04. The fraction of sp³-hybridized carbons (Fsp3) is 0.471. The number of carbonyl (C=O) groups excluding carboxylic acids is 1. The van der Waals surface area contributed by atoms with Gasteiger partial charge in [-0.3, -0.25) is 4.79 Å². The number of likely N-dealkylation sites (tertiary alicyclic amines) is 1. The highest BCUT2D eigenvalue weighted by Crippen LogP contribution is 2.29. The number of fused-ring (bicyclic) bond motifs is 1. The second-order valence-corrected chi connectivity index (χ2v) is 6.24. The molecule has 1 aliphatic rings. The number of nitrogens with zero attached hydrogens (tertiary/aromatic N) is 1. The predicted molar refractivity (Wildman–Crippen MR) is 82.8 cm³/mol. The van der Waals surface area contributed by atoms with Crippen molar-refractivity contribution in [1.29, 1.82) is 0 Å². The van der Waals surface area contributed by atoms with Crippen molar-refractivity contribution in [2.45, 2.75) is 38.3 Å². The number of amides is 1. The van der Waals surface area contributed by atoms with E-state index in [1.807, 2.05) is 18.2 Å². The zero-order valence-electron chi connectivity index (χ0n) is 12.8. The van der Waals surface area contributed by atoms with Gasteiger partial charge in [-0.05, 0) is 30.0 Å². The molecule has 2 atom stereocenters. The van der Waals surface area contributed by atoms with Crippen molar-refractivity contribution in [1.82, 2.24) is 4.90 Å². The van der Waals surface area contributed by atoms with Crippen molar-refractivity contribution < 1.29 is 19.4 Å². The van der Waals surface area contributed by atoms with Crippen LogP contribution in [0.15, 0.2) is 28.9 Å². The van der Waals surface area contributed by atoms with Crippen LogP contribution in [-0.2, 0) is 0 Å². The van der Waals surface area contributed by atoms with Crippen LogP contribution in [0.3, 0.4) is 0 Å². The molecule has 118 valence electrons. The first-order valence-corrected chi connectivity index (χ1v) is 7.62. The van der Waals surface area contributed by atoms with Crippen molar-refractivity contribution in [2.75, 3.05) is 13.2 Å². The number of β-amino-alcohol motifs (C(OH)–C–C–N with tert-alkyl or cyclic N) is 1. The summed E-state index contributed by atoms with van der Waals surface area (Å²) in [6, 6.07) is 5.53. The summed E-state index contributed by atoms with van der Waals surface area (Å²) in [6.45, 7) is 4.30. The van der Waals surface area contributed by atoms with Gasteiger partial charge in [-0.2, -0.15) is 0 Å². The second-order valence-electron chi connectivity index (χ2n) is 6.24. The minimum absolute atomic E-state index is 0.143. The quantitative estimate of drug-likeness (QED) is 0.911. The van der Waals surface area contributed by atoms with Crippen LogP contribution in [0.25, 0.3) is 11.0 Å². The molecule has 1 amide bonds. The van der Waals surface area contributed by atoms with Gasteiger partial charge in [-0.25, -0.2) is 0 Å². The van der Waals surface area contributed by atoms with E-state index in [1.165, 1.54) is 11.2 Å². The molecule has 5 nitrogen and oxygen atoms in total. The number of rotatable bonds is 3. The van der Waals surface area contributed by atoms with E-state index >= 15 is 0 Å². The molecule has 1 aromatic heterocycles. The Kier molecular flexibility index (Phi) is 3.93. The molecule has 0 saturated carbocycles. The van der Waals surface area contributed by atoms with Gasteiger partial charge < -0.3 is 19.5 Å². The first kappa shape index (κ1) is 15.1. The van der Waals surface area contributed by atoms with E-state index in [9.17, 15) is 15.0 Å². The van der Waals surface area contributed by atoms with Crippen molar-refractivity contribution >= 4 is 16.9 Å². The number of furan rings is 1. The number of aliphatic hydroxyl groups excluding tert-OH is 2. The molecule has 22 heavy (non-hydrogen) atoms. The number of hydrogen-bond acceptors (Lipinski definition) is 4. The molecule has 5 heteroatoms.